The lowest BCUT2D eigenvalue weighted by atomic mass is 10.2. The molecule has 0 radical (unpaired) electrons. The summed E-state index contributed by atoms with van der Waals surface area (Å²) in [7, 11) is 1.87. The van der Waals surface area contributed by atoms with Gasteiger partial charge >= 0.3 is 0 Å². The summed E-state index contributed by atoms with van der Waals surface area (Å²) in [6.07, 6.45) is 2.58. The maximum absolute atomic E-state index is 4.95. The molecule has 0 atom stereocenters. The summed E-state index contributed by atoms with van der Waals surface area (Å²) in [5.41, 5.74) is 1.02. The standard InChI is InChI=1S/C14H22N6O/c1-5-6-11-18-13(15-4)9(2)14(19-11)16-8-7-12-17-10(3)21-20-12/h5-8H2,1-4H3,(H2,15,16,18,19). The molecule has 0 aliphatic heterocycles. The van der Waals surface area contributed by atoms with Gasteiger partial charge in [-0.2, -0.15) is 4.98 Å². The van der Waals surface area contributed by atoms with Gasteiger partial charge in [0.1, 0.15) is 17.5 Å². The first-order chi connectivity index (χ1) is 10.1. The highest BCUT2D eigenvalue weighted by Gasteiger charge is 2.10. The molecule has 0 aromatic carbocycles. The number of aromatic nitrogens is 4. The molecule has 2 heterocycles. The van der Waals surface area contributed by atoms with E-state index in [9.17, 15) is 0 Å². The number of aryl methyl sites for hydroxylation is 2. The fourth-order valence-corrected chi connectivity index (χ4v) is 2.05. The molecule has 7 nitrogen and oxygen atoms in total. The lowest BCUT2D eigenvalue weighted by molar-refractivity contribution is 0.387. The van der Waals surface area contributed by atoms with E-state index in [1.807, 2.05) is 14.0 Å². The van der Waals surface area contributed by atoms with Gasteiger partial charge in [0.05, 0.1) is 0 Å². The zero-order valence-electron chi connectivity index (χ0n) is 13.0. The summed E-state index contributed by atoms with van der Waals surface area (Å²) in [6, 6.07) is 0. The number of hydrogen-bond acceptors (Lipinski definition) is 7. The van der Waals surface area contributed by atoms with E-state index in [1.54, 1.807) is 6.92 Å². The predicted molar refractivity (Wildman–Crippen MR) is 81.5 cm³/mol. The van der Waals surface area contributed by atoms with Crippen LogP contribution in [0.2, 0.25) is 0 Å². The highest BCUT2D eigenvalue weighted by molar-refractivity contribution is 5.57. The monoisotopic (exact) mass is 290 g/mol. The largest absolute Gasteiger partial charge is 0.373 e. The first-order valence-electron chi connectivity index (χ1n) is 7.22. The molecule has 7 heteroatoms. The summed E-state index contributed by atoms with van der Waals surface area (Å²) in [5.74, 6) is 3.87. The summed E-state index contributed by atoms with van der Waals surface area (Å²) in [6.45, 7) is 6.61. The van der Waals surface area contributed by atoms with Gasteiger partial charge in [-0.15, -0.1) is 0 Å². The van der Waals surface area contributed by atoms with Crippen molar-refractivity contribution in [3.8, 4) is 0 Å². The van der Waals surface area contributed by atoms with Crippen molar-refractivity contribution in [1.82, 2.24) is 20.1 Å². The smallest absolute Gasteiger partial charge is 0.223 e. The maximum atomic E-state index is 4.95. The third kappa shape index (κ3) is 3.90. The van der Waals surface area contributed by atoms with E-state index < -0.39 is 0 Å². The van der Waals surface area contributed by atoms with Crippen LogP contribution in [0.3, 0.4) is 0 Å². The molecule has 114 valence electrons. The van der Waals surface area contributed by atoms with Gasteiger partial charge in [-0.25, -0.2) is 9.97 Å². The highest BCUT2D eigenvalue weighted by atomic mass is 16.5. The lowest BCUT2D eigenvalue weighted by Gasteiger charge is -2.13. The van der Waals surface area contributed by atoms with Gasteiger partial charge in [0, 0.05) is 38.9 Å². The number of rotatable bonds is 7. The molecule has 0 spiro atoms. The summed E-state index contributed by atoms with van der Waals surface area (Å²) in [5, 5.41) is 10.3. The molecular weight excluding hydrogens is 268 g/mol. The third-order valence-corrected chi connectivity index (χ3v) is 3.11. The second kappa shape index (κ2) is 7.01. The molecule has 0 fully saturated rings. The van der Waals surface area contributed by atoms with Gasteiger partial charge in [-0.1, -0.05) is 12.1 Å². The molecule has 2 aromatic rings. The molecule has 0 amide bonds. The minimum absolute atomic E-state index is 0.589. The van der Waals surface area contributed by atoms with Crippen LogP contribution in [0.25, 0.3) is 0 Å². The Morgan fingerprint density at radius 1 is 1.00 bits per heavy atom. The minimum atomic E-state index is 0.589. The summed E-state index contributed by atoms with van der Waals surface area (Å²) < 4.78 is 4.95. The van der Waals surface area contributed by atoms with Crippen molar-refractivity contribution in [2.24, 2.45) is 0 Å². The Bertz CT molecular complexity index is 595. The third-order valence-electron chi connectivity index (χ3n) is 3.11. The van der Waals surface area contributed by atoms with Crippen molar-refractivity contribution in [1.29, 1.82) is 0 Å². The second-order valence-electron chi connectivity index (χ2n) is 4.87. The van der Waals surface area contributed by atoms with Gasteiger partial charge in [0.2, 0.25) is 5.89 Å². The molecule has 0 aliphatic rings. The van der Waals surface area contributed by atoms with E-state index in [0.717, 1.165) is 35.9 Å². The van der Waals surface area contributed by atoms with E-state index in [1.165, 1.54) is 0 Å². The average Bonchev–Trinajstić information content (AvgIpc) is 2.88. The quantitative estimate of drug-likeness (QED) is 0.807. The van der Waals surface area contributed by atoms with Crippen LogP contribution >= 0.6 is 0 Å². The number of nitrogens with one attached hydrogen (secondary N) is 2. The normalized spacial score (nSPS) is 10.7. The summed E-state index contributed by atoms with van der Waals surface area (Å²) in [4.78, 5) is 13.3. The van der Waals surface area contributed by atoms with Crippen LogP contribution in [-0.4, -0.2) is 33.7 Å². The average molecular weight is 290 g/mol. The lowest BCUT2D eigenvalue weighted by Crippen LogP contribution is -2.12. The van der Waals surface area contributed by atoms with Crippen molar-refractivity contribution in [2.75, 3.05) is 24.2 Å². The Kier molecular flexibility index (Phi) is 5.08. The van der Waals surface area contributed by atoms with Crippen LogP contribution in [0.15, 0.2) is 4.52 Å². The molecular formula is C14H22N6O. The van der Waals surface area contributed by atoms with E-state index in [2.05, 4.69) is 37.7 Å². The van der Waals surface area contributed by atoms with Gasteiger partial charge in [0.15, 0.2) is 5.82 Å². The first kappa shape index (κ1) is 15.2. The fourth-order valence-electron chi connectivity index (χ4n) is 2.05. The number of anilines is 2. The van der Waals surface area contributed by atoms with Crippen molar-refractivity contribution in [2.45, 2.75) is 40.0 Å². The van der Waals surface area contributed by atoms with Crippen LogP contribution in [-0.2, 0) is 12.8 Å². The molecule has 21 heavy (non-hydrogen) atoms. The van der Waals surface area contributed by atoms with Crippen molar-refractivity contribution in [3.05, 3.63) is 23.1 Å². The number of nitrogens with zero attached hydrogens (tertiary/aromatic N) is 4. The molecule has 2 rings (SSSR count). The second-order valence-corrected chi connectivity index (χ2v) is 4.87. The van der Waals surface area contributed by atoms with E-state index in [-0.39, 0.29) is 0 Å². The Morgan fingerprint density at radius 3 is 2.38 bits per heavy atom. The zero-order chi connectivity index (χ0) is 15.2. The maximum Gasteiger partial charge on any atom is 0.223 e. The van der Waals surface area contributed by atoms with Gasteiger partial charge < -0.3 is 15.2 Å². The van der Waals surface area contributed by atoms with Gasteiger partial charge in [0.25, 0.3) is 0 Å². The van der Waals surface area contributed by atoms with Crippen LogP contribution < -0.4 is 10.6 Å². The predicted octanol–water partition coefficient (Wildman–Crippen LogP) is 2.13. The Hall–Kier alpha value is -2.18. The van der Waals surface area contributed by atoms with Crippen molar-refractivity contribution >= 4 is 11.6 Å². The minimum Gasteiger partial charge on any atom is -0.373 e. The molecule has 2 N–H and O–H groups in total. The molecule has 0 saturated heterocycles. The van der Waals surface area contributed by atoms with Gasteiger partial charge in [-0.3, -0.25) is 0 Å². The Labute approximate surface area is 124 Å². The van der Waals surface area contributed by atoms with Crippen molar-refractivity contribution < 1.29 is 4.52 Å². The van der Waals surface area contributed by atoms with Crippen LogP contribution in [0.1, 0.15) is 36.4 Å². The SMILES string of the molecule is CCCc1nc(NC)c(C)c(NCCc2noc(C)n2)n1. The summed E-state index contributed by atoms with van der Waals surface area (Å²) >= 11 is 0. The molecule has 0 bridgehead atoms. The first-order valence-corrected chi connectivity index (χ1v) is 7.22. The number of hydrogen-bond donors (Lipinski definition) is 2. The molecule has 0 unspecified atom stereocenters. The molecule has 0 saturated carbocycles. The fraction of sp³-hybridized carbons (Fsp3) is 0.571. The van der Waals surface area contributed by atoms with Crippen LogP contribution in [0.4, 0.5) is 11.6 Å². The zero-order valence-corrected chi connectivity index (χ0v) is 13.0. The Morgan fingerprint density at radius 2 is 1.76 bits per heavy atom. The van der Waals surface area contributed by atoms with Gasteiger partial charge in [-0.05, 0) is 13.3 Å². The highest BCUT2D eigenvalue weighted by Crippen LogP contribution is 2.20. The molecule has 0 aliphatic carbocycles. The van der Waals surface area contributed by atoms with E-state index in [4.69, 9.17) is 4.52 Å². The van der Waals surface area contributed by atoms with Crippen molar-refractivity contribution in [3.63, 3.8) is 0 Å². The van der Waals surface area contributed by atoms with Crippen LogP contribution in [0.5, 0.6) is 0 Å². The Balaban J connectivity index is 2.05. The molecule has 2 aromatic heterocycles. The van der Waals surface area contributed by atoms with E-state index in [0.29, 0.717) is 24.7 Å². The van der Waals surface area contributed by atoms with E-state index >= 15 is 0 Å². The topological polar surface area (TPSA) is 88.8 Å². The van der Waals surface area contributed by atoms with Crippen LogP contribution in [0, 0.1) is 13.8 Å².